The molecule has 2 amide bonds. The molecule has 0 heterocycles. The third kappa shape index (κ3) is 9.75. The van der Waals surface area contributed by atoms with Crippen LogP contribution in [0.15, 0.2) is 24.3 Å². The van der Waals surface area contributed by atoms with Gasteiger partial charge in [0.25, 0.3) is 5.91 Å². The highest BCUT2D eigenvalue weighted by atomic mass is 16.5. The molecule has 5 heteroatoms. The zero-order valence-electron chi connectivity index (χ0n) is 15.6. The molecule has 0 aromatic heterocycles. The molecule has 0 aliphatic heterocycles. The van der Waals surface area contributed by atoms with Crippen LogP contribution in [0, 0.1) is 0 Å². The summed E-state index contributed by atoms with van der Waals surface area (Å²) in [7, 11) is 0. The Balaban J connectivity index is 2.25. The van der Waals surface area contributed by atoms with Crippen LogP contribution in [-0.2, 0) is 4.79 Å². The van der Waals surface area contributed by atoms with Gasteiger partial charge in [-0.25, -0.2) is 0 Å². The number of benzene rings is 1. The molecule has 0 atom stereocenters. The molecule has 1 aromatic carbocycles. The fourth-order valence-electron chi connectivity index (χ4n) is 2.39. The zero-order chi connectivity index (χ0) is 18.3. The zero-order valence-corrected chi connectivity index (χ0v) is 15.6. The third-order valence-corrected chi connectivity index (χ3v) is 3.96. The van der Waals surface area contributed by atoms with Gasteiger partial charge in [0.05, 0.1) is 6.61 Å². The number of unbranched alkanes of at least 4 members (excludes halogenated alkanes) is 6. The van der Waals surface area contributed by atoms with Crippen LogP contribution < -0.4 is 15.6 Å². The lowest BCUT2D eigenvalue weighted by Gasteiger charge is -2.09. The Morgan fingerprint density at radius 2 is 1.48 bits per heavy atom. The van der Waals surface area contributed by atoms with Gasteiger partial charge in [-0.3, -0.25) is 20.4 Å². The molecule has 0 spiro atoms. The second-order valence-corrected chi connectivity index (χ2v) is 6.25. The van der Waals surface area contributed by atoms with Gasteiger partial charge in [0, 0.05) is 12.0 Å². The number of carbonyl (C=O) groups is 2. The monoisotopic (exact) mass is 348 g/mol. The molecule has 0 unspecified atom stereocenters. The van der Waals surface area contributed by atoms with Gasteiger partial charge >= 0.3 is 0 Å². The van der Waals surface area contributed by atoms with Gasteiger partial charge in [0.15, 0.2) is 0 Å². The summed E-state index contributed by atoms with van der Waals surface area (Å²) in [6.07, 6.45) is 9.24. The maximum atomic E-state index is 12.0. The summed E-state index contributed by atoms with van der Waals surface area (Å²) in [6, 6.07) is 6.96. The summed E-state index contributed by atoms with van der Waals surface area (Å²) in [5.41, 5.74) is 5.39. The summed E-state index contributed by atoms with van der Waals surface area (Å²) < 4.78 is 5.65. The molecule has 0 aliphatic rings. The van der Waals surface area contributed by atoms with Crippen molar-refractivity contribution in [3.05, 3.63) is 29.8 Å². The molecule has 2 N–H and O–H groups in total. The fraction of sp³-hybridized carbons (Fsp3) is 0.600. The Bertz CT molecular complexity index is 500. The van der Waals surface area contributed by atoms with Crippen molar-refractivity contribution in [1.29, 1.82) is 0 Å². The first-order valence-corrected chi connectivity index (χ1v) is 9.49. The molecule has 25 heavy (non-hydrogen) atoms. The average molecular weight is 348 g/mol. The Morgan fingerprint density at radius 1 is 0.840 bits per heavy atom. The van der Waals surface area contributed by atoms with E-state index in [0.29, 0.717) is 18.6 Å². The molecule has 0 fully saturated rings. The molecule has 0 aliphatic carbocycles. The fourth-order valence-corrected chi connectivity index (χ4v) is 2.39. The van der Waals surface area contributed by atoms with Crippen molar-refractivity contribution in [1.82, 2.24) is 10.9 Å². The number of hydrazine groups is 1. The van der Waals surface area contributed by atoms with Crippen LogP contribution in [0.3, 0.4) is 0 Å². The largest absolute Gasteiger partial charge is 0.494 e. The van der Waals surface area contributed by atoms with E-state index in [1.54, 1.807) is 24.3 Å². The van der Waals surface area contributed by atoms with E-state index in [9.17, 15) is 9.59 Å². The van der Waals surface area contributed by atoms with Crippen LogP contribution in [0.1, 0.15) is 82.0 Å². The quantitative estimate of drug-likeness (QED) is 0.435. The van der Waals surface area contributed by atoms with E-state index >= 15 is 0 Å². The highest BCUT2D eigenvalue weighted by Crippen LogP contribution is 2.13. The normalized spacial score (nSPS) is 10.3. The van der Waals surface area contributed by atoms with E-state index in [2.05, 4.69) is 24.7 Å². The number of carbonyl (C=O) groups excluding carboxylic acids is 2. The Hall–Kier alpha value is -2.04. The average Bonchev–Trinajstić information content (AvgIpc) is 2.63. The van der Waals surface area contributed by atoms with Crippen molar-refractivity contribution in [3.63, 3.8) is 0 Å². The van der Waals surface area contributed by atoms with E-state index in [4.69, 9.17) is 4.74 Å². The number of amides is 2. The maximum absolute atomic E-state index is 12.0. The summed E-state index contributed by atoms with van der Waals surface area (Å²) >= 11 is 0. The molecule has 0 radical (unpaired) electrons. The number of nitrogens with one attached hydrogen (secondary N) is 2. The first-order valence-electron chi connectivity index (χ1n) is 9.49. The maximum Gasteiger partial charge on any atom is 0.269 e. The van der Waals surface area contributed by atoms with Crippen LogP contribution in [0.25, 0.3) is 0 Å². The molecule has 0 bridgehead atoms. The Kier molecular flexibility index (Phi) is 11.2. The van der Waals surface area contributed by atoms with Gasteiger partial charge in [-0.15, -0.1) is 0 Å². The highest BCUT2D eigenvalue weighted by Gasteiger charge is 2.07. The summed E-state index contributed by atoms with van der Waals surface area (Å²) in [5.74, 6) is 0.279. The smallest absolute Gasteiger partial charge is 0.269 e. The first kappa shape index (κ1) is 21.0. The van der Waals surface area contributed by atoms with Gasteiger partial charge in [-0.2, -0.15) is 0 Å². The summed E-state index contributed by atoms with van der Waals surface area (Å²) in [4.78, 5) is 23.6. The van der Waals surface area contributed by atoms with Crippen molar-refractivity contribution in [3.8, 4) is 5.75 Å². The van der Waals surface area contributed by atoms with Crippen LogP contribution in [-0.4, -0.2) is 18.4 Å². The molecular formula is C20H32N2O3. The van der Waals surface area contributed by atoms with E-state index in [-0.39, 0.29) is 11.8 Å². The second-order valence-electron chi connectivity index (χ2n) is 6.25. The first-order chi connectivity index (χ1) is 12.2. The minimum absolute atomic E-state index is 0.156. The molecule has 5 nitrogen and oxygen atoms in total. The SMILES string of the molecule is CCCCCCOc1ccc(C(=O)NNC(=O)CCCCCC)cc1. The van der Waals surface area contributed by atoms with Gasteiger partial charge in [-0.05, 0) is 37.1 Å². The molecule has 0 saturated heterocycles. The highest BCUT2D eigenvalue weighted by molar-refractivity contribution is 5.95. The van der Waals surface area contributed by atoms with Gasteiger partial charge < -0.3 is 4.74 Å². The van der Waals surface area contributed by atoms with Crippen LogP contribution in [0.2, 0.25) is 0 Å². The molecule has 140 valence electrons. The van der Waals surface area contributed by atoms with Crippen molar-refractivity contribution >= 4 is 11.8 Å². The van der Waals surface area contributed by atoms with Gasteiger partial charge in [-0.1, -0.05) is 52.4 Å². The van der Waals surface area contributed by atoms with Gasteiger partial charge in [0.1, 0.15) is 5.75 Å². The van der Waals surface area contributed by atoms with Crippen LogP contribution >= 0.6 is 0 Å². The number of hydrogen-bond acceptors (Lipinski definition) is 3. The van der Waals surface area contributed by atoms with E-state index in [1.165, 1.54) is 19.3 Å². The lowest BCUT2D eigenvalue weighted by atomic mass is 10.1. The number of ether oxygens (including phenoxy) is 1. The summed E-state index contributed by atoms with van der Waals surface area (Å²) in [5, 5.41) is 0. The molecule has 0 saturated carbocycles. The van der Waals surface area contributed by atoms with Crippen molar-refractivity contribution in [2.45, 2.75) is 71.6 Å². The minimum atomic E-state index is -0.323. The molecule has 1 aromatic rings. The van der Waals surface area contributed by atoms with E-state index in [1.807, 2.05) is 0 Å². The molecule has 1 rings (SSSR count). The topological polar surface area (TPSA) is 67.4 Å². The lowest BCUT2D eigenvalue weighted by Crippen LogP contribution is -2.41. The van der Waals surface area contributed by atoms with Crippen LogP contribution in [0.4, 0.5) is 0 Å². The van der Waals surface area contributed by atoms with Crippen molar-refractivity contribution < 1.29 is 14.3 Å². The minimum Gasteiger partial charge on any atom is -0.494 e. The van der Waals surface area contributed by atoms with Gasteiger partial charge in [0.2, 0.25) is 5.91 Å². The van der Waals surface area contributed by atoms with Crippen molar-refractivity contribution in [2.24, 2.45) is 0 Å². The summed E-state index contributed by atoms with van der Waals surface area (Å²) in [6.45, 7) is 5.00. The predicted octanol–water partition coefficient (Wildman–Crippen LogP) is 4.38. The third-order valence-electron chi connectivity index (χ3n) is 3.96. The number of hydrogen-bond donors (Lipinski definition) is 2. The Morgan fingerprint density at radius 3 is 2.12 bits per heavy atom. The number of rotatable bonds is 12. The lowest BCUT2D eigenvalue weighted by molar-refractivity contribution is -0.122. The van der Waals surface area contributed by atoms with E-state index in [0.717, 1.165) is 37.9 Å². The second kappa shape index (κ2) is 13.3. The predicted molar refractivity (Wildman–Crippen MR) is 100 cm³/mol. The Labute approximate surface area is 151 Å². The van der Waals surface area contributed by atoms with Crippen LogP contribution in [0.5, 0.6) is 5.75 Å². The van der Waals surface area contributed by atoms with E-state index < -0.39 is 0 Å². The molecular weight excluding hydrogens is 316 g/mol. The standard InChI is InChI=1S/C20H32N2O3/c1-3-5-7-9-11-19(23)21-22-20(24)17-12-14-18(15-13-17)25-16-10-8-6-4-2/h12-15H,3-11,16H2,1-2H3,(H,21,23)(H,22,24). The van der Waals surface area contributed by atoms with Crippen molar-refractivity contribution in [2.75, 3.05) is 6.61 Å².